The highest BCUT2D eigenvalue weighted by Crippen LogP contribution is 2.54. The fourth-order valence-electron chi connectivity index (χ4n) is 0.456. The first-order chi connectivity index (χ1) is 4.31. The van der Waals surface area contributed by atoms with E-state index in [4.69, 9.17) is 0 Å². The van der Waals surface area contributed by atoms with Crippen molar-refractivity contribution in [3.8, 4) is 0 Å². The van der Waals surface area contributed by atoms with E-state index in [-0.39, 0.29) is 5.38 Å². The summed E-state index contributed by atoms with van der Waals surface area (Å²) >= 11 is 17.4. The molecule has 0 unspecified atom stereocenters. The summed E-state index contributed by atoms with van der Waals surface area (Å²) in [6.45, 7) is 2.13. The van der Waals surface area contributed by atoms with Crippen molar-refractivity contribution in [3.05, 3.63) is 0 Å². The Bertz CT molecular complexity index is 103. The van der Waals surface area contributed by atoms with Crippen LogP contribution in [0.4, 0.5) is 0 Å². The fraction of sp³-hybridized carbons (Fsp3) is 1.00. The molecule has 0 aliphatic heterocycles. The van der Waals surface area contributed by atoms with Crippen LogP contribution in [0.5, 0.6) is 0 Å². The van der Waals surface area contributed by atoms with Crippen molar-refractivity contribution in [1.29, 1.82) is 0 Å². The molecule has 0 aliphatic rings. The smallest absolute Gasteiger partial charge is 0.0692 e. The highest BCUT2D eigenvalue weighted by Gasteiger charge is 2.41. The summed E-state index contributed by atoms with van der Waals surface area (Å²) in [6.07, 6.45) is 2.13. The second-order valence-electron chi connectivity index (χ2n) is 1.95. The van der Waals surface area contributed by atoms with Crippen LogP contribution in [0.1, 0.15) is 19.8 Å². The molecular formula is C5H7Br5. The largest absolute Gasteiger partial charge is 0.159 e. The van der Waals surface area contributed by atoms with Crippen LogP contribution in [-0.2, 0) is 0 Å². The summed E-state index contributed by atoms with van der Waals surface area (Å²) in [7, 11) is 0. The molecule has 62 valence electrons. The Kier molecular flexibility index (Phi) is 5.68. The van der Waals surface area contributed by atoms with Crippen LogP contribution >= 0.6 is 79.6 Å². The first-order valence-electron chi connectivity index (χ1n) is 2.76. The van der Waals surface area contributed by atoms with Gasteiger partial charge in [0.1, 0.15) is 3.23 Å². The van der Waals surface area contributed by atoms with Crippen molar-refractivity contribution >= 4 is 79.6 Å². The zero-order valence-corrected chi connectivity index (χ0v) is 13.2. The topological polar surface area (TPSA) is 0 Å². The van der Waals surface area contributed by atoms with E-state index in [1.807, 2.05) is 0 Å². The standard InChI is InChI=1S/C5H7Br5/c1-2-3-4(6,7)5(8,9)10/h2-3H2,1H3. The number of hydrogen-bond acceptors (Lipinski definition) is 0. The molecule has 0 heterocycles. The number of rotatable bonds is 2. The lowest BCUT2D eigenvalue weighted by molar-refractivity contribution is 0.755. The normalized spacial score (nSPS) is 13.8. The van der Waals surface area contributed by atoms with Crippen molar-refractivity contribution in [2.75, 3.05) is 0 Å². The van der Waals surface area contributed by atoms with Gasteiger partial charge in [0.15, 0.2) is 2.14 Å². The second kappa shape index (κ2) is 4.58. The molecule has 0 radical (unpaired) electrons. The van der Waals surface area contributed by atoms with Crippen LogP contribution in [0.25, 0.3) is 0 Å². The molecule has 0 rings (SSSR count). The van der Waals surface area contributed by atoms with E-state index in [0.29, 0.717) is 0 Å². The first-order valence-corrected chi connectivity index (χ1v) is 6.72. The van der Waals surface area contributed by atoms with Gasteiger partial charge in [-0.15, -0.1) is 0 Å². The van der Waals surface area contributed by atoms with Gasteiger partial charge >= 0.3 is 0 Å². The van der Waals surface area contributed by atoms with Crippen LogP contribution in [0.3, 0.4) is 0 Å². The van der Waals surface area contributed by atoms with Crippen molar-refractivity contribution < 1.29 is 0 Å². The zero-order valence-electron chi connectivity index (χ0n) is 5.30. The Balaban J connectivity index is 4.10. The molecule has 0 N–H and O–H groups in total. The molecule has 0 bridgehead atoms. The lowest BCUT2D eigenvalue weighted by Gasteiger charge is -2.28. The van der Waals surface area contributed by atoms with Gasteiger partial charge < -0.3 is 0 Å². The van der Waals surface area contributed by atoms with E-state index < -0.39 is 0 Å². The predicted octanol–water partition coefficient (Wildman–Crippen LogP) is 5.11. The van der Waals surface area contributed by atoms with Gasteiger partial charge in [-0.3, -0.25) is 0 Å². The zero-order chi connectivity index (χ0) is 8.41. The lowest BCUT2D eigenvalue weighted by Crippen LogP contribution is -2.27. The van der Waals surface area contributed by atoms with E-state index in [1.54, 1.807) is 0 Å². The van der Waals surface area contributed by atoms with Crippen molar-refractivity contribution in [3.63, 3.8) is 0 Å². The molecule has 0 atom stereocenters. The van der Waals surface area contributed by atoms with E-state index >= 15 is 0 Å². The third-order valence-electron chi connectivity index (χ3n) is 0.979. The first kappa shape index (κ1) is 12.4. The minimum atomic E-state index is -0.282. The molecule has 0 aromatic carbocycles. The molecule has 0 saturated heterocycles. The molecule has 0 aromatic heterocycles. The maximum absolute atomic E-state index is 3.54. The number of hydrogen-bond donors (Lipinski definition) is 0. The van der Waals surface area contributed by atoms with Crippen LogP contribution in [0.2, 0.25) is 0 Å². The minimum absolute atomic E-state index is 0.137. The SMILES string of the molecule is CCCC(Br)(Br)C(Br)(Br)Br. The minimum Gasteiger partial charge on any atom is -0.0692 e. The Morgan fingerprint density at radius 2 is 1.40 bits per heavy atom. The van der Waals surface area contributed by atoms with Gasteiger partial charge in [-0.2, -0.15) is 0 Å². The third kappa shape index (κ3) is 3.87. The average molecular weight is 467 g/mol. The maximum atomic E-state index is 3.54. The molecular weight excluding hydrogens is 460 g/mol. The van der Waals surface area contributed by atoms with Gasteiger partial charge in [-0.25, -0.2) is 0 Å². The van der Waals surface area contributed by atoms with Crippen molar-refractivity contribution in [2.45, 2.75) is 25.1 Å². The summed E-state index contributed by atoms with van der Waals surface area (Å²) in [5.41, 5.74) is 0. The van der Waals surface area contributed by atoms with Crippen LogP contribution in [0.15, 0.2) is 0 Å². The molecule has 0 fully saturated rings. The summed E-state index contributed by atoms with van der Waals surface area (Å²) < 4.78 is -0.419. The second-order valence-corrected chi connectivity index (χ2v) is 12.5. The molecule has 0 aliphatic carbocycles. The van der Waals surface area contributed by atoms with Crippen molar-refractivity contribution in [2.24, 2.45) is 0 Å². The van der Waals surface area contributed by atoms with Gasteiger partial charge in [0.2, 0.25) is 0 Å². The number of halogens is 5. The van der Waals surface area contributed by atoms with Crippen molar-refractivity contribution in [1.82, 2.24) is 0 Å². The lowest BCUT2D eigenvalue weighted by atomic mass is 10.3. The van der Waals surface area contributed by atoms with E-state index in [0.717, 1.165) is 12.8 Å². The molecule has 0 nitrogen and oxygen atoms in total. The quantitative estimate of drug-likeness (QED) is 0.496. The summed E-state index contributed by atoms with van der Waals surface area (Å²) in [5.74, 6) is 0. The van der Waals surface area contributed by atoms with Gasteiger partial charge in [0.05, 0.1) is 0 Å². The van der Waals surface area contributed by atoms with Crippen LogP contribution in [0, 0.1) is 0 Å². The predicted molar refractivity (Wildman–Crippen MR) is 65.0 cm³/mol. The molecule has 0 aromatic rings. The molecule has 5 heteroatoms. The van der Waals surface area contributed by atoms with Gasteiger partial charge in [-0.05, 0) is 6.42 Å². The molecule has 0 amide bonds. The van der Waals surface area contributed by atoms with E-state index in [2.05, 4.69) is 86.6 Å². The summed E-state index contributed by atoms with van der Waals surface area (Å²) in [5, 5.41) is 0. The van der Waals surface area contributed by atoms with Crippen LogP contribution in [-0.4, -0.2) is 5.38 Å². The average Bonchev–Trinajstić information content (AvgIpc) is 1.61. The maximum Gasteiger partial charge on any atom is 0.159 e. The fourth-order valence-corrected chi connectivity index (χ4v) is 1.84. The summed E-state index contributed by atoms with van der Waals surface area (Å²) in [6, 6.07) is 0. The Morgan fingerprint density at radius 1 is 1.00 bits per heavy atom. The Morgan fingerprint density at radius 3 is 1.50 bits per heavy atom. The highest BCUT2D eigenvalue weighted by atomic mass is 80.0. The van der Waals surface area contributed by atoms with E-state index in [9.17, 15) is 0 Å². The van der Waals surface area contributed by atoms with E-state index in [1.165, 1.54) is 0 Å². The van der Waals surface area contributed by atoms with Gasteiger partial charge in [0, 0.05) is 0 Å². The van der Waals surface area contributed by atoms with Gasteiger partial charge in [0.25, 0.3) is 0 Å². The highest BCUT2D eigenvalue weighted by molar-refractivity contribution is 9.41. The Hall–Kier alpha value is 2.40. The number of alkyl halides is 5. The monoisotopic (exact) mass is 462 g/mol. The van der Waals surface area contributed by atoms with Crippen LogP contribution < -0.4 is 0 Å². The molecule has 10 heavy (non-hydrogen) atoms. The third-order valence-corrected chi connectivity index (χ3v) is 8.18. The van der Waals surface area contributed by atoms with Gasteiger partial charge in [-0.1, -0.05) is 93.0 Å². The molecule has 0 saturated carbocycles. The summed E-state index contributed by atoms with van der Waals surface area (Å²) in [4.78, 5) is 0. The Labute approximate surface area is 104 Å². The molecule has 0 spiro atoms.